The van der Waals surface area contributed by atoms with Crippen molar-refractivity contribution in [3.05, 3.63) is 205 Å². The standard InChI is InChI=1S/2C16H22O.3C15H22O.2C14H20O2/c1-10(12-6-7-12)14-4-3-5-15(16(14)17)11(2)13-8-9-13;1-10(2)13-4-3-5-14(16(13)17)15(11-6-7-11)12-8-9-12;2*1-10(2)13-8-5-9-14(15(13)16)11(3)12-6-4-7-12;1-4-12(11-8-9-11)14-7-5-6-13(10(2)3)15(14)16;1-9(10-7-8-10)11-5-4-6-12(13(11)15)14(2,3)16;1-9(2)11-5-4-6-12(13(11)15)10(3)14(16)7-8-14/h3-5,10-13,17H,6-9H2,1-2H3;3-5,10-12,15,17H,6-9H2,1-2H3;2*5,8-12,16H,4,6-7H2,1-3H3;5-7,10-12,16H,4,8-9H2,1-3H3;2*4-6,9-10,15-16H,7-8H2,1-3H3/t;;2*11-;;;/m..10.../s1. The van der Waals surface area contributed by atoms with E-state index in [0.717, 1.165) is 111 Å². The summed E-state index contributed by atoms with van der Waals surface area (Å²) in [6.07, 6.45) is 26.9. The molecule has 9 N–H and O–H groups in total. The average Bonchev–Trinajstić information content (AvgIpc) is 1.63. The van der Waals surface area contributed by atoms with E-state index in [9.17, 15) is 46.0 Å². The molecule has 114 heavy (non-hydrogen) atoms. The Balaban J connectivity index is 0.000000141. The smallest absolute Gasteiger partial charge is 0.125 e. The van der Waals surface area contributed by atoms with Gasteiger partial charge in [0.2, 0.25) is 0 Å². The molecule has 5 unspecified atom stereocenters. The van der Waals surface area contributed by atoms with E-state index >= 15 is 0 Å². The van der Waals surface area contributed by atoms with E-state index in [2.05, 4.69) is 184 Å². The van der Waals surface area contributed by atoms with E-state index in [-0.39, 0.29) is 11.7 Å². The van der Waals surface area contributed by atoms with Crippen LogP contribution in [0.5, 0.6) is 40.2 Å². The van der Waals surface area contributed by atoms with Crippen LogP contribution >= 0.6 is 0 Å². The molecule has 9 heteroatoms. The van der Waals surface area contributed by atoms with Crippen LogP contribution in [0.25, 0.3) is 0 Å². The molecular weight excluding hydrogens is 1410 g/mol. The Morgan fingerprint density at radius 3 is 0.781 bits per heavy atom. The van der Waals surface area contributed by atoms with Crippen LogP contribution in [0.4, 0.5) is 0 Å². The van der Waals surface area contributed by atoms with Crippen molar-refractivity contribution in [3.63, 3.8) is 0 Å². The first-order valence-electron chi connectivity index (χ1n) is 45.3. The summed E-state index contributed by atoms with van der Waals surface area (Å²) in [7, 11) is 0. The fourth-order valence-corrected chi connectivity index (χ4v) is 18.5. The van der Waals surface area contributed by atoms with Gasteiger partial charge in [-0.05, 0) is 327 Å². The second kappa shape index (κ2) is 39.1. The molecule has 0 radical (unpaired) electrons. The van der Waals surface area contributed by atoms with Crippen molar-refractivity contribution in [1.82, 2.24) is 0 Å². The first-order valence-corrected chi connectivity index (χ1v) is 45.3. The van der Waals surface area contributed by atoms with Gasteiger partial charge in [-0.1, -0.05) is 258 Å². The maximum absolute atomic E-state index is 10.5. The van der Waals surface area contributed by atoms with Gasteiger partial charge in [0.15, 0.2) is 0 Å². The number of hydrogen-bond acceptors (Lipinski definition) is 9. The molecule has 7 atom stereocenters. The third-order valence-corrected chi connectivity index (χ3v) is 28.3. The Morgan fingerprint density at radius 2 is 0.518 bits per heavy atom. The van der Waals surface area contributed by atoms with Crippen molar-refractivity contribution in [1.29, 1.82) is 0 Å². The minimum absolute atomic E-state index is 0.0196. The summed E-state index contributed by atoms with van der Waals surface area (Å²) in [5.74, 6) is 15.5. The Hall–Kier alpha value is -6.94. The van der Waals surface area contributed by atoms with Crippen molar-refractivity contribution < 1.29 is 46.0 Å². The summed E-state index contributed by atoms with van der Waals surface area (Å²) in [6.45, 7) is 40.0. The Kier molecular flexibility index (Phi) is 30.7. The maximum atomic E-state index is 10.5. The molecule has 16 rings (SSSR count). The molecule has 9 nitrogen and oxygen atoms in total. The maximum Gasteiger partial charge on any atom is 0.125 e. The summed E-state index contributed by atoms with van der Waals surface area (Å²) in [5.41, 5.74) is 13.3. The Morgan fingerprint density at radius 1 is 0.289 bits per heavy atom. The number of phenols is 7. The fraction of sp³-hybridized carbons (Fsp3) is 0.600. The Bertz CT molecular complexity index is 4030. The lowest BCUT2D eigenvalue weighted by Crippen LogP contribution is -2.18. The van der Waals surface area contributed by atoms with Gasteiger partial charge in [-0.15, -0.1) is 0 Å². The van der Waals surface area contributed by atoms with Crippen LogP contribution < -0.4 is 0 Å². The van der Waals surface area contributed by atoms with Crippen LogP contribution in [0.3, 0.4) is 0 Å². The highest BCUT2D eigenvalue weighted by Gasteiger charge is 2.47. The first-order chi connectivity index (χ1) is 54.1. The Labute approximate surface area is 689 Å². The number of rotatable bonds is 24. The highest BCUT2D eigenvalue weighted by molar-refractivity contribution is 5.51. The summed E-state index contributed by atoms with van der Waals surface area (Å²) < 4.78 is 0. The normalized spacial score (nSPS) is 19.6. The molecule has 0 aromatic heterocycles. The first kappa shape index (κ1) is 89.4. The lowest BCUT2D eigenvalue weighted by atomic mass is 9.73. The van der Waals surface area contributed by atoms with Gasteiger partial charge in [0.25, 0.3) is 0 Å². The predicted molar refractivity (Wildman–Crippen MR) is 474 cm³/mol. The van der Waals surface area contributed by atoms with E-state index in [4.69, 9.17) is 0 Å². The van der Waals surface area contributed by atoms with Gasteiger partial charge in [-0.25, -0.2) is 0 Å². The molecule has 0 heterocycles. The zero-order valence-electron chi connectivity index (χ0n) is 73.6. The molecule has 0 spiro atoms. The lowest BCUT2D eigenvalue weighted by Gasteiger charge is -2.32. The third-order valence-electron chi connectivity index (χ3n) is 28.3. The van der Waals surface area contributed by atoms with Crippen LogP contribution in [0.2, 0.25) is 0 Å². The fourth-order valence-electron chi connectivity index (χ4n) is 18.5. The van der Waals surface area contributed by atoms with E-state index in [1.165, 1.54) is 138 Å². The van der Waals surface area contributed by atoms with Crippen LogP contribution in [0.15, 0.2) is 127 Å². The molecule has 9 aliphatic rings. The average molecular weight is 1560 g/mol. The van der Waals surface area contributed by atoms with Crippen LogP contribution in [0.1, 0.15) is 421 Å². The van der Waals surface area contributed by atoms with E-state index in [1.807, 2.05) is 55.5 Å². The van der Waals surface area contributed by atoms with Crippen molar-refractivity contribution in [3.8, 4) is 40.2 Å². The summed E-state index contributed by atoms with van der Waals surface area (Å²) >= 11 is 0. The summed E-state index contributed by atoms with van der Waals surface area (Å²) in [6, 6.07) is 42.9. The number of phenolic OH excluding ortho intramolecular Hbond substituents is 7. The topological polar surface area (TPSA) is 182 Å². The molecule has 9 saturated carbocycles. The van der Waals surface area contributed by atoms with Gasteiger partial charge in [0, 0.05) is 11.5 Å². The van der Waals surface area contributed by atoms with Gasteiger partial charge in [0.05, 0.1) is 11.2 Å². The molecule has 0 amide bonds. The lowest BCUT2D eigenvalue weighted by molar-refractivity contribution is 0.0756. The van der Waals surface area contributed by atoms with Crippen LogP contribution in [-0.4, -0.2) is 51.6 Å². The van der Waals surface area contributed by atoms with Gasteiger partial charge >= 0.3 is 0 Å². The number of aliphatic hydroxyl groups is 2. The van der Waals surface area contributed by atoms with Crippen molar-refractivity contribution in [2.75, 3.05) is 0 Å². The van der Waals surface area contributed by atoms with E-state index < -0.39 is 11.2 Å². The van der Waals surface area contributed by atoms with E-state index in [0.29, 0.717) is 117 Å². The zero-order chi connectivity index (χ0) is 82.9. The second-order valence-corrected chi connectivity index (χ2v) is 39.0. The van der Waals surface area contributed by atoms with Gasteiger partial charge in [0.1, 0.15) is 40.2 Å². The monoisotopic (exact) mass is 1560 g/mol. The molecule has 0 aliphatic heterocycles. The van der Waals surface area contributed by atoms with Gasteiger partial charge in [-0.3, -0.25) is 0 Å². The van der Waals surface area contributed by atoms with E-state index in [1.54, 1.807) is 19.9 Å². The number of benzene rings is 7. The second-order valence-electron chi connectivity index (χ2n) is 39.0. The quantitative estimate of drug-likeness (QED) is 0.0284. The molecule has 9 fully saturated rings. The molecule has 624 valence electrons. The minimum Gasteiger partial charge on any atom is -0.507 e. The summed E-state index contributed by atoms with van der Waals surface area (Å²) in [5, 5.41) is 92.4. The highest BCUT2D eigenvalue weighted by Crippen LogP contribution is 2.58. The number of aromatic hydroxyl groups is 7. The minimum atomic E-state index is -0.983. The van der Waals surface area contributed by atoms with Gasteiger partial charge < -0.3 is 46.0 Å². The molecule has 0 saturated heterocycles. The van der Waals surface area contributed by atoms with Crippen molar-refractivity contribution >= 4 is 0 Å². The predicted octanol–water partition coefficient (Wildman–Crippen LogP) is 28.4. The van der Waals surface area contributed by atoms with Crippen LogP contribution in [0, 0.1) is 47.3 Å². The van der Waals surface area contributed by atoms with Crippen molar-refractivity contribution in [2.45, 2.75) is 355 Å². The highest BCUT2D eigenvalue weighted by atomic mass is 16.3. The zero-order valence-corrected chi connectivity index (χ0v) is 73.6. The third kappa shape index (κ3) is 22.7. The molecule has 0 bridgehead atoms. The number of para-hydroxylation sites is 7. The molecule has 9 aliphatic carbocycles. The largest absolute Gasteiger partial charge is 0.507 e. The molecule has 7 aromatic rings. The van der Waals surface area contributed by atoms with Crippen molar-refractivity contribution in [2.24, 2.45) is 47.3 Å². The SMILES string of the molecule is CC(C)c1cccc(C(C)C2(O)CC2)c1O.CC(C)c1cccc(C(C2CC2)C2CC2)c1O.CC(C)c1cccc([C@@H](C)C2CCC2)c1O.CC(C)c1cccc([C@H](C)C2CCC2)c1O.CC(c1cccc(C(C)(C)O)c1O)C1CC1.CC(c1cccc(C(C)C2CC2)c1O)C1CC1.CCC(c1cccc(C(C)C)c1O)C1CC1. The molecular formula is C105H150O9. The molecule has 7 aromatic carbocycles. The summed E-state index contributed by atoms with van der Waals surface area (Å²) in [4.78, 5) is 0. The van der Waals surface area contributed by atoms with Crippen LogP contribution in [-0.2, 0) is 5.60 Å². The number of hydrogen-bond donors (Lipinski definition) is 9. The van der Waals surface area contributed by atoms with Gasteiger partial charge in [-0.2, -0.15) is 0 Å².